The molecule has 0 aliphatic carbocycles. The molecule has 10 heteroatoms. The predicted molar refractivity (Wildman–Crippen MR) is 76.1 cm³/mol. The number of nitrogens with one attached hydrogen (secondary N) is 1. The topological polar surface area (TPSA) is 85.3 Å². The third-order valence-electron chi connectivity index (χ3n) is 3.30. The first-order chi connectivity index (χ1) is 11.2. The van der Waals surface area contributed by atoms with Crippen LogP contribution in [0.5, 0.6) is 0 Å². The minimum absolute atomic E-state index is 0.268. The van der Waals surface area contributed by atoms with E-state index in [0.29, 0.717) is 12.4 Å². The second kappa shape index (κ2) is 5.23. The van der Waals surface area contributed by atoms with Crippen LogP contribution >= 0.6 is 0 Å². The third kappa shape index (κ3) is 2.33. The van der Waals surface area contributed by atoms with Crippen LogP contribution in [0.3, 0.4) is 0 Å². The van der Waals surface area contributed by atoms with E-state index in [1.165, 1.54) is 0 Å². The Morgan fingerprint density at radius 1 is 1.00 bits per heavy atom. The molecule has 1 N–H and O–H groups in total. The summed E-state index contributed by atoms with van der Waals surface area (Å²) in [5, 5.41) is 18.4. The Hall–Kier alpha value is -3.17. The van der Waals surface area contributed by atoms with Gasteiger partial charge in [-0.25, -0.2) is 18.3 Å². The molecule has 0 saturated carbocycles. The van der Waals surface area contributed by atoms with E-state index in [1.807, 2.05) is 6.07 Å². The lowest BCUT2D eigenvalue weighted by molar-refractivity contribution is 0.137. The van der Waals surface area contributed by atoms with Crippen molar-refractivity contribution in [3.05, 3.63) is 48.2 Å². The van der Waals surface area contributed by atoms with E-state index in [4.69, 9.17) is 0 Å². The smallest absolute Gasteiger partial charge is 0.299 e. The summed E-state index contributed by atoms with van der Waals surface area (Å²) < 4.78 is 28.4. The molecule has 0 radical (unpaired) electrons. The molecule has 23 heavy (non-hydrogen) atoms. The number of hydrogen-bond acceptors (Lipinski definition) is 6. The minimum atomic E-state index is -2.74. The molecule has 4 rings (SSSR count). The maximum atomic E-state index is 12.8. The molecule has 0 aliphatic heterocycles. The fourth-order valence-electron chi connectivity index (χ4n) is 2.24. The summed E-state index contributed by atoms with van der Waals surface area (Å²) in [6, 6.07) is 6.83. The monoisotopic (exact) mass is 316 g/mol. The summed E-state index contributed by atoms with van der Waals surface area (Å²) in [5.41, 5.74) is 1.86. The van der Waals surface area contributed by atoms with Crippen LogP contribution in [0.4, 0.5) is 14.6 Å². The molecule has 4 heterocycles. The molecule has 116 valence electrons. The average molecular weight is 316 g/mol. The Labute approximate surface area is 127 Å². The van der Waals surface area contributed by atoms with E-state index in [0.717, 1.165) is 15.9 Å². The molecular formula is C13H10F2N8. The van der Waals surface area contributed by atoms with Gasteiger partial charge in [0.05, 0.1) is 18.4 Å². The van der Waals surface area contributed by atoms with Gasteiger partial charge in [0.1, 0.15) is 5.82 Å². The molecule has 4 aromatic rings. The van der Waals surface area contributed by atoms with Crippen LogP contribution in [0.2, 0.25) is 0 Å². The van der Waals surface area contributed by atoms with Gasteiger partial charge in [-0.15, -0.1) is 15.3 Å². The molecule has 8 nitrogen and oxygen atoms in total. The number of alkyl halides is 2. The van der Waals surface area contributed by atoms with Crippen molar-refractivity contribution in [2.75, 3.05) is 5.32 Å². The summed E-state index contributed by atoms with van der Waals surface area (Å²) >= 11 is 0. The Bertz CT molecular complexity index is 976. The number of fused-ring (bicyclic) bond motifs is 2. The molecule has 0 spiro atoms. The van der Waals surface area contributed by atoms with E-state index < -0.39 is 12.2 Å². The number of rotatable bonds is 4. The van der Waals surface area contributed by atoms with Gasteiger partial charge in [-0.2, -0.15) is 9.61 Å². The van der Waals surface area contributed by atoms with E-state index in [9.17, 15) is 8.78 Å². The summed E-state index contributed by atoms with van der Waals surface area (Å²) in [7, 11) is 0. The Kier molecular flexibility index (Phi) is 3.07. The van der Waals surface area contributed by atoms with Gasteiger partial charge in [-0.1, -0.05) is 0 Å². The second-order valence-corrected chi connectivity index (χ2v) is 4.74. The Balaban J connectivity index is 1.62. The largest absolute Gasteiger partial charge is 0.363 e. The highest BCUT2D eigenvalue weighted by Crippen LogP contribution is 2.17. The van der Waals surface area contributed by atoms with Gasteiger partial charge in [0, 0.05) is 12.3 Å². The van der Waals surface area contributed by atoms with Gasteiger partial charge in [-0.3, -0.25) is 0 Å². The van der Waals surface area contributed by atoms with Gasteiger partial charge in [-0.05, 0) is 18.2 Å². The quantitative estimate of drug-likeness (QED) is 0.617. The summed E-state index contributed by atoms with van der Waals surface area (Å²) in [4.78, 5) is 4.17. The molecule has 0 atom stereocenters. The zero-order valence-corrected chi connectivity index (χ0v) is 11.6. The number of anilines is 1. The van der Waals surface area contributed by atoms with Crippen LogP contribution < -0.4 is 5.32 Å². The van der Waals surface area contributed by atoms with Gasteiger partial charge >= 0.3 is 0 Å². The number of hydrogen-bond donors (Lipinski definition) is 1. The first-order valence-corrected chi connectivity index (χ1v) is 6.74. The Morgan fingerprint density at radius 2 is 1.91 bits per heavy atom. The normalized spacial score (nSPS) is 11.6. The minimum Gasteiger partial charge on any atom is -0.363 e. The van der Waals surface area contributed by atoms with Crippen molar-refractivity contribution >= 4 is 17.1 Å². The van der Waals surface area contributed by atoms with Gasteiger partial charge < -0.3 is 5.32 Å². The third-order valence-corrected chi connectivity index (χ3v) is 3.30. The van der Waals surface area contributed by atoms with Crippen molar-refractivity contribution < 1.29 is 8.78 Å². The van der Waals surface area contributed by atoms with E-state index >= 15 is 0 Å². The van der Waals surface area contributed by atoms with Crippen molar-refractivity contribution in [3.63, 3.8) is 0 Å². The fourth-order valence-corrected chi connectivity index (χ4v) is 2.24. The molecular weight excluding hydrogens is 306 g/mol. The maximum absolute atomic E-state index is 12.8. The first kappa shape index (κ1) is 13.5. The van der Waals surface area contributed by atoms with Crippen molar-refractivity contribution in [2.45, 2.75) is 13.0 Å². The highest BCUT2D eigenvalue weighted by molar-refractivity contribution is 5.44. The maximum Gasteiger partial charge on any atom is 0.299 e. The molecule has 0 fully saturated rings. The second-order valence-electron chi connectivity index (χ2n) is 4.74. The molecule has 4 aromatic heterocycles. The lowest BCUT2D eigenvalue weighted by Gasteiger charge is -2.07. The van der Waals surface area contributed by atoms with Crippen molar-refractivity contribution in [1.29, 1.82) is 0 Å². The van der Waals surface area contributed by atoms with Crippen LogP contribution in [0.25, 0.3) is 11.3 Å². The average Bonchev–Trinajstić information content (AvgIpc) is 3.19. The lowest BCUT2D eigenvalue weighted by Crippen LogP contribution is -2.09. The first-order valence-electron chi connectivity index (χ1n) is 6.74. The van der Waals surface area contributed by atoms with Crippen LogP contribution in [-0.4, -0.2) is 34.4 Å². The van der Waals surface area contributed by atoms with E-state index in [1.54, 1.807) is 35.1 Å². The molecule has 0 aromatic carbocycles. The predicted octanol–water partition coefficient (Wildman–Crippen LogP) is 1.72. The van der Waals surface area contributed by atoms with Crippen LogP contribution in [-0.2, 0) is 6.54 Å². The van der Waals surface area contributed by atoms with E-state index in [2.05, 4.69) is 30.7 Å². The molecule has 0 unspecified atom stereocenters. The van der Waals surface area contributed by atoms with E-state index in [-0.39, 0.29) is 5.65 Å². The van der Waals surface area contributed by atoms with Gasteiger partial charge in [0.2, 0.25) is 5.82 Å². The summed E-state index contributed by atoms with van der Waals surface area (Å²) in [6.07, 6.45) is 0.596. The fraction of sp³-hybridized carbons (Fsp3) is 0.154. The molecule has 0 bridgehead atoms. The molecule has 0 saturated heterocycles. The summed E-state index contributed by atoms with van der Waals surface area (Å²) in [6.45, 7) is 0.408. The molecule has 0 aliphatic rings. The highest BCUT2D eigenvalue weighted by atomic mass is 19.3. The zero-order valence-electron chi connectivity index (χ0n) is 11.6. The van der Waals surface area contributed by atoms with Gasteiger partial charge in [0.25, 0.3) is 6.43 Å². The van der Waals surface area contributed by atoms with Crippen LogP contribution in [0.1, 0.15) is 17.9 Å². The zero-order chi connectivity index (χ0) is 15.8. The summed E-state index contributed by atoms with van der Waals surface area (Å²) in [5.74, 6) is -0.0571. The van der Waals surface area contributed by atoms with Crippen molar-refractivity contribution in [1.82, 2.24) is 34.4 Å². The standard InChI is InChI=1S/C13H10F2N8/c14-12(15)13-20-19-11-2-1-9(21-23(11)13)17-7-8-3-5-16-10-4-6-18-22(8)10/h1-6,12H,7H2,(H,17,21). The Morgan fingerprint density at radius 3 is 2.78 bits per heavy atom. The van der Waals surface area contributed by atoms with Crippen molar-refractivity contribution in [3.8, 4) is 0 Å². The van der Waals surface area contributed by atoms with Crippen LogP contribution in [0.15, 0.2) is 36.7 Å². The number of nitrogens with zero attached hydrogens (tertiary/aromatic N) is 7. The molecule has 0 amide bonds. The van der Waals surface area contributed by atoms with Crippen LogP contribution in [0, 0.1) is 0 Å². The lowest BCUT2D eigenvalue weighted by atomic mass is 10.4. The number of halogens is 2. The number of aromatic nitrogens is 7. The highest BCUT2D eigenvalue weighted by Gasteiger charge is 2.17. The van der Waals surface area contributed by atoms with Gasteiger partial charge in [0.15, 0.2) is 11.3 Å². The SMILES string of the molecule is FC(F)c1nnc2ccc(NCc3ccnc4ccnn34)nn12. The van der Waals surface area contributed by atoms with Crippen molar-refractivity contribution in [2.24, 2.45) is 0 Å².